The van der Waals surface area contributed by atoms with Gasteiger partial charge in [0.2, 0.25) is 5.91 Å². The predicted molar refractivity (Wildman–Crippen MR) is 55.6 cm³/mol. The van der Waals surface area contributed by atoms with E-state index in [1.807, 2.05) is 0 Å². The molecule has 0 fully saturated rings. The number of aromatic nitrogens is 1. The van der Waals surface area contributed by atoms with E-state index < -0.39 is 5.38 Å². The van der Waals surface area contributed by atoms with Crippen molar-refractivity contribution in [2.24, 2.45) is 0 Å². The number of hydrogen-bond donors (Lipinski definition) is 1. The Morgan fingerprint density at radius 3 is 3.00 bits per heavy atom. The number of alkyl halides is 2. The Morgan fingerprint density at radius 2 is 2.54 bits per heavy atom. The van der Waals surface area contributed by atoms with Gasteiger partial charge in [-0.15, -0.1) is 34.5 Å². The summed E-state index contributed by atoms with van der Waals surface area (Å²) in [6, 6.07) is 0. The van der Waals surface area contributed by atoms with Gasteiger partial charge in [-0.05, 0) is 6.92 Å². The molecule has 0 aliphatic carbocycles. The summed E-state index contributed by atoms with van der Waals surface area (Å²) < 4.78 is 0. The molecule has 1 N–H and O–H groups in total. The van der Waals surface area contributed by atoms with Crippen LogP contribution in [0.5, 0.6) is 0 Å². The summed E-state index contributed by atoms with van der Waals surface area (Å²) in [5.74, 6) is 0.0974. The van der Waals surface area contributed by atoms with Crippen molar-refractivity contribution in [3.8, 4) is 0 Å². The highest BCUT2D eigenvalue weighted by atomic mass is 35.5. The van der Waals surface area contributed by atoms with E-state index in [0.717, 1.165) is 5.69 Å². The fourth-order valence-electron chi connectivity index (χ4n) is 0.631. The molecule has 1 aromatic rings. The average molecular weight is 239 g/mol. The molecule has 13 heavy (non-hydrogen) atoms. The minimum atomic E-state index is -0.552. The van der Waals surface area contributed by atoms with E-state index in [9.17, 15) is 4.79 Å². The molecule has 0 aliphatic rings. The molecule has 3 nitrogen and oxygen atoms in total. The van der Waals surface area contributed by atoms with Crippen molar-refractivity contribution in [3.63, 3.8) is 0 Å². The zero-order chi connectivity index (χ0) is 9.84. The monoisotopic (exact) mass is 238 g/mol. The molecule has 1 amide bonds. The van der Waals surface area contributed by atoms with Crippen LogP contribution in [0.25, 0.3) is 0 Å². The standard InChI is InChI=1S/C7H8Cl2N2OS/c1-4(9)6(12)11-7-10-5(2-8)3-13-7/h3-4H,2H2,1H3,(H,10,11,12). The van der Waals surface area contributed by atoms with Gasteiger partial charge in [0.25, 0.3) is 0 Å². The van der Waals surface area contributed by atoms with Crippen LogP contribution >= 0.6 is 34.5 Å². The van der Waals surface area contributed by atoms with Crippen molar-refractivity contribution in [2.45, 2.75) is 18.2 Å². The van der Waals surface area contributed by atoms with E-state index >= 15 is 0 Å². The molecule has 0 aromatic carbocycles. The zero-order valence-corrected chi connectivity index (χ0v) is 9.21. The number of carbonyl (C=O) groups is 1. The number of rotatable bonds is 3. The molecule has 1 rings (SSSR count). The minimum Gasteiger partial charge on any atom is -0.301 e. The van der Waals surface area contributed by atoms with Gasteiger partial charge in [-0.1, -0.05) is 0 Å². The van der Waals surface area contributed by atoms with E-state index in [4.69, 9.17) is 23.2 Å². The molecule has 72 valence electrons. The molecule has 0 saturated heterocycles. The first-order valence-corrected chi connectivity index (χ1v) is 5.44. The predicted octanol–water partition coefficient (Wildman–Crippen LogP) is 2.45. The van der Waals surface area contributed by atoms with Crippen molar-refractivity contribution < 1.29 is 4.79 Å². The number of anilines is 1. The molecule has 6 heteroatoms. The van der Waals surface area contributed by atoms with Crippen molar-refractivity contribution in [2.75, 3.05) is 5.32 Å². The van der Waals surface area contributed by atoms with E-state index in [-0.39, 0.29) is 5.91 Å². The molecule has 0 spiro atoms. The summed E-state index contributed by atoms with van der Waals surface area (Å²) in [4.78, 5) is 15.1. The normalized spacial score (nSPS) is 12.5. The molecule has 1 heterocycles. The molecule has 0 aliphatic heterocycles. The second kappa shape index (κ2) is 4.79. The molecule has 1 atom stereocenters. The SMILES string of the molecule is CC(Cl)C(=O)Nc1nc(CCl)cs1. The van der Waals surface area contributed by atoms with Crippen LogP contribution in [0.2, 0.25) is 0 Å². The van der Waals surface area contributed by atoms with Crippen LogP contribution < -0.4 is 5.32 Å². The highest BCUT2D eigenvalue weighted by Crippen LogP contribution is 2.17. The van der Waals surface area contributed by atoms with Crippen molar-refractivity contribution in [3.05, 3.63) is 11.1 Å². The van der Waals surface area contributed by atoms with Gasteiger partial charge in [0.15, 0.2) is 5.13 Å². The van der Waals surface area contributed by atoms with Gasteiger partial charge >= 0.3 is 0 Å². The number of nitrogens with one attached hydrogen (secondary N) is 1. The van der Waals surface area contributed by atoms with Crippen LogP contribution in [-0.4, -0.2) is 16.3 Å². The molecule has 1 unspecified atom stereocenters. The molecule has 0 bridgehead atoms. The lowest BCUT2D eigenvalue weighted by atomic mass is 10.4. The van der Waals surface area contributed by atoms with Crippen molar-refractivity contribution >= 4 is 45.6 Å². The van der Waals surface area contributed by atoms with E-state index in [1.54, 1.807) is 12.3 Å². The number of halogens is 2. The fraction of sp³-hybridized carbons (Fsp3) is 0.429. The van der Waals surface area contributed by atoms with Crippen molar-refractivity contribution in [1.82, 2.24) is 4.98 Å². The van der Waals surface area contributed by atoms with Crippen LogP contribution in [0.15, 0.2) is 5.38 Å². The van der Waals surface area contributed by atoms with E-state index in [2.05, 4.69) is 10.3 Å². The van der Waals surface area contributed by atoms with Gasteiger partial charge in [-0.2, -0.15) is 0 Å². The smallest absolute Gasteiger partial charge is 0.243 e. The number of amides is 1. The van der Waals surface area contributed by atoms with Crippen molar-refractivity contribution in [1.29, 1.82) is 0 Å². The second-order valence-electron chi connectivity index (χ2n) is 2.38. The molecule has 0 radical (unpaired) electrons. The highest BCUT2D eigenvalue weighted by molar-refractivity contribution is 7.14. The molecular formula is C7H8Cl2N2OS. The third kappa shape index (κ3) is 3.14. The van der Waals surface area contributed by atoms with Crippen LogP contribution in [0.4, 0.5) is 5.13 Å². The summed E-state index contributed by atoms with van der Waals surface area (Å²) in [6.07, 6.45) is 0. The lowest BCUT2D eigenvalue weighted by Crippen LogP contribution is -2.20. The van der Waals surface area contributed by atoms with Gasteiger partial charge in [0, 0.05) is 5.38 Å². The Morgan fingerprint density at radius 1 is 1.85 bits per heavy atom. The summed E-state index contributed by atoms with van der Waals surface area (Å²) in [5.41, 5.74) is 0.754. The first-order chi connectivity index (χ1) is 6.13. The molecule has 1 aromatic heterocycles. The first kappa shape index (κ1) is 10.8. The Labute approximate surface area is 90.1 Å². The summed E-state index contributed by atoms with van der Waals surface area (Å²) in [6.45, 7) is 1.60. The maximum Gasteiger partial charge on any atom is 0.243 e. The summed E-state index contributed by atoms with van der Waals surface area (Å²) in [5, 5.41) is 4.35. The van der Waals surface area contributed by atoms with E-state index in [0.29, 0.717) is 11.0 Å². The van der Waals surface area contributed by atoms with Gasteiger partial charge in [-0.3, -0.25) is 4.79 Å². The Balaban J connectivity index is 2.59. The fourth-order valence-corrected chi connectivity index (χ4v) is 1.63. The number of carbonyl (C=O) groups excluding carboxylic acids is 1. The number of nitrogens with zero attached hydrogens (tertiary/aromatic N) is 1. The number of hydrogen-bond acceptors (Lipinski definition) is 3. The average Bonchev–Trinajstić information content (AvgIpc) is 2.52. The Hall–Kier alpha value is -0.320. The maximum atomic E-state index is 11.1. The Kier molecular flexibility index (Phi) is 3.96. The van der Waals surface area contributed by atoms with Gasteiger partial charge in [0.05, 0.1) is 11.6 Å². The summed E-state index contributed by atoms with van der Waals surface area (Å²) >= 11 is 12.4. The van der Waals surface area contributed by atoms with Gasteiger partial charge in [0.1, 0.15) is 5.38 Å². The zero-order valence-electron chi connectivity index (χ0n) is 6.88. The lowest BCUT2D eigenvalue weighted by Gasteiger charge is -2.01. The summed E-state index contributed by atoms with van der Waals surface area (Å²) in [7, 11) is 0. The highest BCUT2D eigenvalue weighted by Gasteiger charge is 2.10. The van der Waals surface area contributed by atoms with Gasteiger partial charge < -0.3 is 5.32 Å². The Bertz CT molecular complexity index is 300. The largest absolute Gasteiger partial charge is 0.301 e. The quantitative estimate of drug-likeness (QED) is 0.823. The molecular weight excluding hydrogens is 231 g/mol. The van der Waals surface area contributed by atoms with Crippen LogP contribution in [0.1, 0.15) is 12.6 Å². The van der Waals surface area contributed by atoms with E-state index in [1.165, 1.54) is 11.3 Å². The van der Waals surface area contributed by atoms with Crippen LogP contribution in [0, 0.1) is 0 Å². The molecule has 0 saturated carbocycles. The van der Waals surface area contributed by atoms with Gasteiger partial charge in [-0.25, -0.2) is 4.98 Å². The third-order valence-corrected chi connectivity index (χ3v) is 2.56. The first-order valence-electron chi connectivity index (χ1n) is 3.58. The topological polar surface area (TPSA) is 42.0 Å². The third-order valence-electron chi connectivity index (χ3n) is 1.28. The maximum absolute atomic E-state index is 11.1. The van der Waals surface area contributed by atoms with Crippen LogP contribution in [-0.2, 0) is 10.7 Å². The lowest BCUT2D eigenvalue weighted by molar-refractivity contribution is -0.115. The van der Waals surface area contributed by atoms with Crippen LogP contribution in [0.3, 0.4) is 0 Å². The minimum absolute atomic E-state index is 0.253. The number of thiazole rings is 1. The second-order valence-corrected chi connectivity index (χ2v) is 4.16.